The van der Waals surface area contributed by atoms with Crippen molar-refractivity contribution < 1.29 is 14.7 Å². The molecule has 0 saturated carbocycles. The molecule has 0 aliphatic carbocycles. The van der Waals surface area contributed by atoms with Crippen molar-refractivity contribution in [2.24, 2.45) is 11.7 Å². The molecule has 2 unspecified atom stereocenters. The Morgan fingerprint density at radius 2 is 1.89 bits per heavy atom. The molecular formula is C13H26N2O3. The highest BCUT2D eigenvalue weighted by atomic mass is 16.4. The number of hydrogen-bond donors (Lipinski definition) is 3. The molecule has 0 bridgehead atoms. The topological polar surface area (TPSA) is 92.4 Å². The van der Waals surface area contributed by atoms with Gasteiger partial charge < -0.3 is 16.2 Å². The van der Waals surface area contributed by atoms with Crippen LogP contribution in [-0.4, -0.2) is 29.6 Å². The van der Waals surface area contributed by atoms with Gasteiger partial charge in [-0.1, -0.05) is 20.3 Å². The van der Waals surface area contributed by atoms with Gasteiger partial charge in [0.2, 0.25) is 5.91 Å². The van der Waals surface area contributed by atoms with Gasteiger partial charge in [-0.25, -0.2) is 0 Å². The fourth-order valence-electron chi connectivity index (χ4n) is 1.93. The molecule has 0 fully saturated rings. The third kappa shape index (κ3) is 8.06. The number of rotatable bonds is 10. The second kappa shape index (κ2) is 9.88. The normalized spacial score (nSPS) is 13.9. The Bertz CT molecular complexity index is 257. The number of carboxylic acids is 1. The van der Waals surface area contributed by atoms with E-state index in [9.17, 15) is 9.59 Å². The number of carboxylic acid groups (broad SMARTS) is 1. The van der Waals surface area contributed by atoms with Crippen molar-refractivity contribution >= 4 is 11.9 Å². The number of amides is 1. The van der Waals surface area contributed by atoms with Gasteiger partial charge in [0.25, 0.3) is 0 Å². The van der Waals surface area contributed by atoms with E-state index in [-0.39, 0.29) is 18.4 Å². The highest BCUT2D eigenvalue weighted by molar-refractivity contribution is 5.77. The highest BCUT2D eigenvalue weighted by Crippen LogP contribution is 2.14. The van der Waals surface area contributed by atoms with Gasteiger partial charge >= 0.3 is 5.97 Å². The van der Waals surface area contributed by atoms with Gasteiger partial charge in [0.15, 0.2) is 0 Å². The zero-order chi connectivity index (χ0) is 14.0. The molecule has 5 heteroatoms. The first-order valence-corrected chi connectivity index (χ1v) is 6.74. The van der Waals surface area contributed by atoms with Gasteiger partial charge in [0.05, 0.1) is 6.42 Å². The van der Waals surface area contributed by atoms with E-state index >= 15 is 0 Å². The first-order chi connectivity index (χ1) is 8.53. The Hall–Kier alpha value is -1.10. The molecule has 0 heterocycles. The van der Waals surface area contributed by atoms with Gasteiger partial charge in [-0.3, -0.25) is 9.59 Å². The third-order valence-electron chi connectivity index (χ3n) is 3.21. The number of hydrogen-bond acceptors (Lipinski definition) is 3. The highest BCUT2D eigenvalue weighted by Gasteiger charge is 2.15. The molecule has 0 aromatic rings. The van der Waals surface area contributed by atoms with E-state index in [1.165, 1.54) is 0 Å². The Balaban J connectivity index is 3.97. The van der Waals surface area contributed by atoms with E-state index < -0.39 is 5.97 Å². The third-order valence-corrected chi connectivity index (χ3v) is 3.21. The minimum absolute atomic E-state index is 0.0117. The van der Waals surface area contributed by atoms with E-state index in [1.807, 2.05) is 6.92 Å². The maximum absolute atomic E-state index is 11.7. The summed E-state index contributed by atoms with van der Waals surface area (Å²) in [6.07, 6.45) is 3.87. The van der Waals surface area contributed by atoms with E-state index in [4.69, 9.17) is 10.8 Å². The maximum atomic E-state index is 11.7. The molecule has 5 nitrogen and oxygen atoms in total. The lowest BCUT2D eigenvalue weighted by molar-refractivity contribution is -0.137. The van der Waals surface area contributed by atoms with Gasteiger partial charge in [0, 0.05) is 12.5 Å². The van der Waals surface area contributed by atoms with Crippen LogP contribution in [0.25, 0.3) is 0 Å². The molecule has 0 aromatic carbocycles. The van der Waals surface area contributed by atoms with Crippen LogP contribution in [0.5, 0.6) is 0 Å². The lowest BCUT2D eigenvalue weighted by atomic mass is 9.96. The Kier molecular flexibility index (Phi) is 9.28. The lowest BCUT2D eigenvalue weighted by Crippen LogP contribution is -2.36. The molecule has 2 atom stereocenters. The van der Waals surface area contributed by atoms with Gasteiger partial charge in [-0.2, -0.15) is 0 Å². The lowest BCUT2D eigenvalue weighted by Gasteiger charge is -2.17. The second-order valence-corrected chi connectivity index (χ2v) is 4.66. The van der Waals surface area contributed by atoms with Crippen molar-refractivity contribution in [3.05, 3.63) is 0 Å². The minimum Gasteiger partial charge on any atom is -0.481 e. The largest absolute Gasteiger partial charge is 0.481 e. The van der Waals surface area contributed by atoms with Crippen LogP contribution in [0.2, 0.25) is 0 Å². The molecule has 0 aliphatic heterocycles. The molecule has 0 saturated heterocycles. The average Bonchev–Trinajstić information content (AvgIpc) is 2.32. The van der Waals surface area contributed by atoms with Crippen LogP contribution in [0.4, 0.5) is 0 Å². The summed E-state index contributed by atoms with van der Waals surface area (Å²) in [6.45, 7) is 4.62. The van der Waals surface area contributed by atoms with Crippen molar-refractivity contribution in [3.63, 3.8) is 0 Å². The van der Waals surface area contributed by atoms with E-state index in [0.717, 1.165) is 19.3 Å². The first kappa shape index (κ1) is 16.9. The quantitative estimate of drug-likeness (QED) is 0.554. The van der Waals surface area contributed by atoms with Crippen LogP contribution in [0.1, 0.15) is 52.4 Å². The predicted molar refractivity (Wildman–Crippen MR) is 71.2 cm³/mol. The number of nitrogens with one attached hydrogen (secondary N) is 1. The molecule has 0 rings (SSSR count). The van der Waals surface area contributed by atoms with Crippen LogP contribution in [0.3, 0.4) is 0 Å². The second-order valence-electron chi connectivity index (χ2n) is 4.66. The van der Waals surface area contributed by atoms with Crippen molar-refractivity contribution in [3.8, 4) is 0 Å². The van der Waals surface area contributed by atoms with E-state index in [2.05, 4.69) is 12.2 Å². The Morgan fingerprint density at radius 1 is 1.22 bits per heavy atom. The smallest absolute Gasteiger partial charge is 0.305 e. The molecule has 106 valence electrons. The van der Waals surface area contributed by atoms with Crippen LogP contribution >= 0.6 is 0 Å². The standard InChI is InChI=1S/C13H26N2O3/c1-3-10(7-8-14)5-6-12(16)15-11(4-2)9-13(17)18/h10-11H,3-9,14H2,1-2H3,(H,15,16)(H,17,18). The molecule has 0 spiro atoms. The maximum Gasteiger partial charge on any atom is 0.305 e. The summed E-state index contributed by atoms with van der Waals surface area (Å²) in [4.78, 5) is 22.3. The SMILES string of the molecule is CCC(CCN)CCC(=O)NC(CC)CC(=O)O. The van der Waals surface area contributed by atoms with Gasteiger partial charge in [0.1, 0.15) is 0 Å². The monoisotopic (exact) mass is 258 g/mol. The summed E-state index contributed by atoms with van der Waals surface area (Å²) in [7, 11) is 0. The van der Waals surface area contributed by atoms with Crippen LogP contribution in [-0.2, 0) is 9.59 Å². The molecule has 1 amide bonds. The van der Waals surface area contributed by atoms with E-state index in [1.54, 1.807) is 0 Å². The number of carbonyl (C=O) groups is 2. The Labute approximate surface area is 109 Å². The van der Waals surface area contributed by atoms with Crippen molar-refractivity contribution in [1.29, 1.82) is 0 Å². The number of aliphatic carboxylic acids is 1. The summed E-state index contributed by atoms with van der Waals surface area (Å²) < 4.78 is 0. The summed E-state index contributed by atoms with van der Waals surface area (Å²) in [5.74, 6) is -0.449. The fourth-order valence-corrected chi connectivity index (χ4v) is 1.93. The molecular weight excluding hydrogens is 232 g/mol. The van der Waals surface area contributed by atoms with Gasteiger partial charge in [-0.15, -0.1) is 0 Å². The molecule has 18 heavy (non-hydrogen) atoms. The molecule has 0 aliphatic rings. The summed E-state index contributed by atoms with van der Waals surface area (Å²) in [5.41, 5.74) is 5.50. The van der Waals surface area contributed by atoms with Gasteiger partial charge in [-0.05, 0) is 31.7 Å². The summed E-state index contributed by atoms with van der Waals surface area (Å²) in [6, 6.07) is -0.260. The molecule has 4 N–H and O–H groups in total. The number of nitrogens with two attached hydrogens (primary N) is 1. The Morgan fingerprint density at radius 3 is 2.33 bits per heavy atom. The molecule has 0 radical (unpaired) electrons. The summed E-state index contributed by atoms with van der Waals surface area (Å²) >= 11 is 0. The van der Waals surface area contributed by atoms with Crippen molar-refractivity contribution in [1.82, 2.24) is 5.32 Å². The fraction of sp³-hybridized carbons (Fsp3) is 0.846. The molecule has 0 aromatic heterocycles. The van der Waals surface area contributed by atoms with Crippen molar-refractivity contribution in [2.75, 3.05) is 6.54 Å². The zero-order valence-electron chi connectivity index (χ0n) is 11.4. The summed E-state index contributed by atoms with van der Waals surface area (Å²) in [5, 5.41) is 11.5. The van der Waals surface area contributed by atoms with E-state index in [0.29, 0.717) is 25.3 Å². The zero-order valence-corrected chi connectivity index (χ0v) is 11.4. The first-order valence-electron chi connectivity index (χ1n) is 6.74. The van der Waals surface area contributed by atoms with Crippen LogP contribution in [0.15, 0.2) is 0 Å². The predicted octanol–water partition coefficient (Wildman–Crippen LogP) is 1.51. The van der Waals surface area contributed by atoms with Crippen molar-refractivity contribution in [2.45, 2.75) is 58.4 Å². The average molecular weight is 258 g/mol. The van der Waals surface area contributed by atoms with Crippen LogP contribution in [0, 0.1) is 5.92 Å². The number of carbonyl (C=O) groups excluding carboxylic acids is 1. The minimum atomic E-state index is -0.878. The van der Waals surface area contributed by atoms with Crippen LogP contribution < -0.4 is 11.1 Å².